The van der Waals surface area contributed by atoms with Gasteiger partial charge in [-0.1, -0.05) is 72.7 Å². The van der Waals surface area contributed by atoms with Crippen molar-refractivity contribution in [2.45, 2.75) is 45.4 Å². The molecule has 24 heavy (non-hydrogen) atoms. The van der Waals surface area contributed by atoms with Gasteiger partial charge in [0.1, 0.15) is 0 Å². The minimum absolute atomic E-state index is 0.259. The van der Waals surface area contributed by atoms with Gasteiger partial charge in [-0.05, 0) is 43.7 Å². The molecule has 0 bridgehead atoms. The van der Waals surface area contributed by atoms with Crippen LogP contribution >= 0.6 is 0 Å². The van der Waals surface area contributed by atoms with Gasteiger partial charge in [-0.15, -0.1) is 0 Å². The predicted octanol–water partition coefficient (Wildman–Crippen LogP) is 5.89. The van der Waals surface area contributed by atoms with Crippen molar-refractivity contribution >= 4 is 5.78 Å². The Morgan fingerprint density at radius 3 is 2.29 bits per heavy atom. The van der Waals surface area contributed by atoms with Gasteiger partial charge in [-0.25, -0.2) is 0 Å². The maximum Gasteiger partial charge on any atom is 0.170 e. The normalized spacial score (nSPS) is 29.2. The summed E-state index contributed by atoms with van der Waals surface area (Å²) in [5.41, 5.74) is 6.00. The van der Waals surface area contributed by atoms with E-state index in [4.69, 9.17) is 0 Å². The first-order valence-electron chi connectivity index (χ1n) is 8.89. The van der Waals surface area contributed by atoms with Crippen molar-refractivity contribution in [3.8, 4) is 0 Å². The molecule has 3 atom stereocenters. The Morgan fingerprint density at radius 2 is 1.58 bits per heavy atom. The first-order chi connectivity index (χ1) is 11.6. The van der Waals surface area contributed by atoms with Gasteiger partial charge >= 0.3 is 0 Å². The first kappa shape index (κ1) is 15.4. The summed E-state index contributed by atoms with van der Waals surface area (Å²) < 4.78 is 0. The first-order valence-corrected chi connectivity index (χ1v) is 8.89. The van der Waals surface area contributed by atoms with Crippen LogP contribution in [0.1, 0.15) is 66.9 Å². The molecule has 122 valence electrons. The second-order valence-corrected chi connectivity index (χ2v) is 7.58. The lowest BCUT2D eigenvalue weighted by Gasteiger charge is -2.44. The van der Waals surface area contributed by atoms with Crippen LogP contribution in [0.25, 0.3) is 0 Å². The van der Waals surface area contributed by atoms with Crippen molar-refractivity contribution in [1.29, 1.82) is 0 Å². The van der Waals surface area contributed by atoms with E-state index in [0.717, 1.165) is 18.4 Å². The number of benzene rings is 2. The van der Waals surface area contributed by atoms with Crippen LogP contribution < -0.4 is 0 Å². The van der Waals surface area contributed by atoms with E-state index in [-0.39, 0.29) is 17.3 Å². The molecule has 0 amide bonds. The second kappa shape index (κ2) is 5.44. The minimum atomic E-state index is -0.325. The molecule has 0 aromatic heterocycles. The zero-order chi connectivity index (χ0) is 16.9. The molecular weight excluding hydrogens is 292 g/mol. The molecular formula is C23H24O. The summed E-state index contributed by atoms with van der Waals surface area (Å²) in [4.78, 5) is 13.6. The molecule has 2 aromatic carbocycles. The summed E-state index contributed by atoms with van der Waals surface area (Å²) in [6.45, 7) is 6.70. The highest BCUT2D eigenvalue weighted by Gasteiger charge is 2.56. The standard InChI is InChI=1S/C23H24O/c1-15-13-21(18-9-5-4-6-10-18)23(14-16(15)2)17(3)19-11-7-8-12-20(19)22(23)24/h4-12,17,21H,13-14H2,1-3H3/t17-,21+,23+/m0/s1. The molecule has 1 spiro atoms. The quantitative estimate of drug-likeness (QED) is 0.600. The van der Waals surface area contributed by atoms with Gasteiger partial charge < -0.3 is 0 Å². The van der Waals surface area contributed by atoms with Gasteiger partial charge in [0, 0.05) is 11.5 Å². The third-order valence-electron chi connectivity index (χ3n) is 6.49. The Bertz CT molecular complexity index is 830. The molecule has 1 heteroatoms. The SMILES string of the molecule is CC1=C(C)C[C@]2(C(=O)c3ccccc3[C@@H]2C)[C@@H](c2ccccc2)C1. The molecule has 0 N–H and O–H groups in total. The molecule has 2 aromatic rings. The summed E-state index contributed by atoms with van der Waals surface area (Å²) in [5.74, 6) is 0.873. The lowest BCUT2D eigenvalue weighted by molar-refractivity contribution is 0.0710. The molecule has 1 nitrogen and oxygen atoms in total. The minimum Gasteiger partial charge on any atom is -0.293 e. The number of Topliss-reactive ketones (excluding diaryl/α,β-unsaturated/α-hetero) is 1. The molecule has 2 aliphatic carbocycles. The van der Waals surface area contributed by atoms with E-state index in [1.807, 2.05) is 12.1 Å². The van der Waals surface area contributed by atoms with Crippen LogP contribution in [0.2, 0.25) is 0 Å². The number of carbonyl (C=O) groups is 1. The average molecular weight is 316 g/mol. The van der Waals surface area contributed by atoms with Crippen molar-refractivity contribution in [3.05, 3.63) is 82.4 Å². The number of ketones is 1. The fraction of sp³-hybridized carbons (Fsp3) is 0.348. The van der Waals surface area contributed by atoms with Crippen LogP contribution in [-0.4, -0.2) is 5.78 Å². The lowest BCUT2D eigenvalue weighted by atomic mass is 9.57. The Labute approximate surface area is 144 Å². The summed E-state index contributed by atoms with van der Waals surface area (Å²) in [5, 5.41) is 0. The van der Waals surface area contributed by atoms with Crippen molar-refractivity contribution in [2.24, 2.45) is 5.41 Å². The van der Waals surface area contributed by atoms with E-state index in [1.54, 1.807) is 0 Å². The van der Waals surface area contributed by atoms with Crippen LogP contribution in [-0.2, 0) is 0 Å². The molecule has 0 aliphatic heterocycles. The van der Waals surface area contributed by atoms with Crippen LogP contribution in [0.5, 0.6) is 0 Å². The zero-order valence-electron chi connectivity index (χ0n) is 14.7. The van der Waals surface area contributed by atoms with Gasteiger partial charge in [0.25, 0.3) is 0 Å². The van der Waals surface area contributed by atoms with E-state index in [1.165, 1.54) is 22.3 Å². The van der Waals surface area contributed by atoms with E-state index < -0.39 is 0 Å². The molecule has 4 rings (SSSR count). The number of hydrogen-bond donors (Lipinski definition) is 0. The highest BCUT2D eigenvalue weighted by atomic mass is 16.1. The van der Waals surface area contributed by atoms with Gasteiger partial charge in [0.05, 0.1) is 5.41 Å². The summed E-state index contributed by atoms with van der Waals surface area (Å²) in [6.07, 6.45) is 1.87. The zero-order valence-corrected chi connectivity index (χ0v) is 14.7. The van der Waals surface area contributed by atoms with Crippen molar-refractivity contribution in [1.82, 2.24) is 0 Å². The van der Waals surface area contributed by atoms with Crippen LogP contribution in [0.3, 0.4) is 0 Å². The third kappa shape index (κ3) is 1.97. The van der Waals surface area contributed by atoms with Crippen molar-refractivity contribution < 1.29 is 4.79 Å². The summed E-state index contributed by atoms with van der Waals surface area (Å²) in [7, 11) is 0. The number of hydrogen-bond acceptors (Lipinski definition) is 1. The monoisotopic (exact) mass is 316 g/mol. The smallest absolute Gasteiger partial charge is 0.170 e. The third-order valence-corrected chi connectivity index (χ3v) is 6.49. The Balaban J connectivity index is 1.93. The number of rotatable bonds is 1. The van der Waals surface area contributed by atoms with Crippen molar-refractivity contribution in [2.75, 3.05) is 0 Å². The van der Waals surface area contributed by atoms with Crippen LogP contribution in [0.15, 0.2) is 65.7 Å². The lowest BCUT2D eigenvalue weighted by Crippen LogP contribution is -2.40. The molecule has 0 saturated carbocycles. The average Bonchev–Trinajstić information content (AvgIpc) is 2.82. The molecule has 0 heterocycles. The van der Waals surface area contributed by atoms with Gasteiger partial charge in [-0.3, -0.25) is 4.79 Å². The number of fused-ring (bicyclic) bond motifs is 1. The fourth-order valence-corrected chi connectivity index (χ4v) is 4.98. The number of carbonyl (C=O) groups excluding carboxylic acids is 1. The molecule has 0 saturated heterocycles. The Kier molecular flexibility index (Phi) is 3.49. The maximum atomic E-state index is 13.6. The Morgan fingerprint density at radius 1 is 0.917 bits per heavy atom. The van der Waals surface area contributed by atoms with Gasteiger partial charge in [0.2, 0.25) is 0 Å². The van der Waals surface area contributed by atoms with E-state index >= 15 is 0 Å². The van der Waals surface area contributed by atoms with E-state index in [0.29, 0.717) is 5.78 Å². The second-order valence-electron chi connectivity index (χ2n) is 7.58. The highest BCUT2D eigenvalue weighted by Crippen LogP contribution is 2.61. The maximum absolute atomic E-state index is 13.6. The van der Waals surface area contributed by atoms with Crippen LogP contribution in [0.4, 0.5) is 0 Å². The van der Waals surface area contributed by atoms with Gasteiger partial charge in [0.15, 0.2) is 5.78 Å². The van der Waals surface area contributed by atoms with E-state index in [2.05, 4.69) is 63.2 Å². The topological polar surface area (TPSA) is 17.1 Å². The molecule has 0 fully saturated rings. The number of allylic oxidation sites excluding steroid dienone is 2. The summed E-state index contributed by atoms with van der Waals surface area (Å²) >= 11 is 0. The molecule has 0 radical (unpaired) electrons. The predicted molar refractivity (Wildman–Crippen MR) is 98.4 cm³/mol. The van der Waals surface area contributed by atoms with Gasteiger partial charge in [-0.2, -0.15) is 0 Å². The fourth-order valence-electron chi connectivity index (χ4n) is 4.98. The molecule has 0 unspecified atom stereocenters. The highest BCUT2D eigenvalue weighted by molar-refractivity contribution is 6.07. The summed E-state index contributed by atoms with van der Waals surface area (Å²) in [6, 6.07) is 18.9. The largest absolute Gasteiger partial charge is 0.293 e. The Hall–Kier alpha value is -2.15. The van der Waals surface area contributed by atoms with Crippen LogP contribution in [0, 0.1) is 5.41 Å². The van der Waals surface area contributed by atoms with Crippen molar-refractivity contribution in [3.63, 3.8) is 0 Å². The molecule has 2 aliphatic rings. The van der Waals surface area contributed by atoms with E-state index in [9.17, 15) is 4.79 Å².